The first-order valence-electron chi connectivity index (χ1n) is 4.28. The van der Waals surface area contributed by atoms with Crippen LogP contribution in [0.3, 0.4) is 0 Å². The Balaban J connectivity index is 2.06. The monoisotopic (exact) mass is 189 g/mol. The van der Waals surface area contributed by atoms with Crippen LogP contribution >= 0.6 is 0 Å². The Hall–Kier alpha value is -0.690. The van der Waals surface area contributed by atoms with Crippen molar-refractivity contribution in [1.82, 2.24) is 10.5 Å². The van der Waals surface area contributed by atoms with Gasteiger partial charge in [0.1, 0.15) is 0 Å². The van der Waals surface area contributed by atoms with Gasteiger partial charge in [-0.2, -0.15) is 0 Å². The van der Waals surface area contributed by atoms with Crippen LogP contribution in [0, 0.1) is 0 Å². The largest absolute Gasteiger partial charge is 0.379 e. The van der Waals surface area contributed by atoms with Gasteiger partial charge in [0.25, 0.3) is 0 Å². The Morgan fingerprint density at radius 1 is 1.54 bits per heavy atom. The number of hydrazine groups is 1. The summed E-state index contributed by atoms with van der Waals surface area (Å²) in [6.07, 6.45) is 0.351. The number of hydrogen-bond donors (Lipinski definition) is 2. The molecule has 0 aromatic heterocycles. The molecule has 1 aliphatic heterocycles. The van der Waals surface area contributed by atoms with Gasteiger partial charge >= 0.3 is 5.97 Å². The van der Waals surface area contributed by atoms with Crippen molar-refractivity contribution in [2.75, 3.05) is 32.8 Å². The van der Waals surface area contributed by atoms with Gasteiger partial charge in [-0.25, -0.2) is 5.84 Å². The molecule has 6 nitrogen and oxygen atoms in total. The fourth-order valence-corrected chi connectivity index (χ4v) is 1.19. The van der Waals surface area contributed by atoms with E-state index in [0.717, 1.165) is 26.3 Å². The molecule has 6 heteroatoms. The van der Waals surface area contributed by atoms with Crippen molar-refractivity contribution < 1.29 is 14.4 Å². The summed E-state index contributed by atoms with van der Waals surface area (Å²) in [5.74, 6) is 4.47. The minimum Gasteiger partial charge on any atom is -0.379 e. The van der Waals surface area contributed by atoms with Crippen LogP contribution in [-0.4, -0.2) is 43.7 Å². The van der Waals surface area contributed by atoms with E-state index in [9.17, 15) is 4.79 Å². The molecule has 1 rings (SSSR count). The molecule has 0 bridgehead atoms. The molecule has 13 heavy (non-hydrogen) atoms. The Kier molecular flexibility index (Phi) is 4.69. The maximum absolute atomic E-state index is 10.9. The number of nitrogens with two attached hydrogens (primary N) is 1. The molecule has 0 aromatic rings. The topological polar surface area (TPSA) is 76.8 Å². The summed E-state index contributed by atoms with van der Waals surface area (Å²) in [6.45, 7) is 3.94. The zero-order valence-electron chi connectivity index (χ0n) is 7.49. The molecule has 1 saturated heterocycles. The van der Waals surface area contributed by atoms with Crippen LogP contribution in [0.2, 0.25) is 0 Å². The van der Waals surface area contributed by atoms with E-state index in [-0.39, 0.29) is 5.97 Å². The standard InChI is InChI=1S/C7H15N3O3/c8-9-13-7(11)1-2-10-3-5-12-6-4-10/h9H,1-6,8H2. The molecule has 0 spiro atoms. The molecular formula is C7H15N3O3. The fourth-order valence-electron chi connectivity index (χ4n) is 1.19. The third kappa shape index (κ3) is 4.18. The average Bonchev–Trinajstić information content (AvgIpc) is 2.17. The minimum absolute atomic E-state index is 0.339. The summed E-state index contributed by atoms with van der Waals surface area (Å²) in [5, 5.41) is 0. The molecule has 76 valence electrons. The number of hydrogen-bond acceptors (Lipinski definition) is 6. The van der Waals surface area contributed by atoms with Crippen LogP contribution in [0.15, 0.2) is 0 Å². The van der Waals surface area contributed by atoms with Gasteiger partial charge in [0.2, 0.25) is 0 Å². The zero-order chi connectivity index (χ0) is 9.52. The molecule has 1 fully saturated rings. The normalized spacial score (nSPS) is 18.5. The second-order valence-electron chi connectivity index (χ2n) is 2.80. The molecule has 0 aliphatic carbocycles. The van der Waals surface area contributed by atoms with Crippen molar-refractivity contribution >= 4 is 5.97 Å². The predicted molar refractivity (Wildman–Crippen MR) is 45.3 cm³/mol. The number of nitrogens with one attached hydrogen (secondary N) is 1. The number of ether oxygens (including phenoxy) is 1. The highest BCUT2D eigenvalue weighted by atomic mass is 16.7. The average molecular weight is 189 g/mol. The van der Waals surface area contributed by atoms with Crippen molar-refractivity contribution in [2.45, 2.75) is 6.42 Å². The lowest BCUT2D eigenvalue weighted by Gasteiger charge is -2.25. The number of carbonyl (C=O) groups is 1. The third-order valence-corrected chi connectivity index (χ3v) is 1.91. The number of morpholine rings is 1. The molecule has 0 amide bonds. The molecule has 0 saturated carbocycles. The highest BCUT2D eigenvalue weighted by Crippen LogP contribution is 1.98. The van der Waals surface area contributed by atoms with E-state index in [2.05, 4.69) is 9.74 Å². The van der Waals surface area contributed by atoms with Crippen LogP contribution in [0.5, 0.6) is 0 Å². The van der Waals surface area contributed by atoms with Gasteiger partial charge in [-0.3, -0.25) is 9.69 Å². The highest BCUT2D eigenvalue weighted by molar-refractivity contribution is 5.69. The lowest BCUT2D eigenvalue weighted by molar-refractivity contribution is -0.151. The van der Waals surface area contributed by atoms with E-state index in [1.807, 2.05) is 5.59 Å². The maximum Gasteiger partial charge on any atom is 0.327 e. The fraction of sp³-hybridized carbons (Fsp3) is 0.857. The van der Waals surface area contributed by atoms with Gasteiger partial charge in [0.05, 0.1) is 19.6 Å². The molecule has 3 N–H and O–H groups in total. The summed E-state index contributed by atoms with van der Waals surface area (Å²) in [6, 6.07) is 0. The summed E-state index contributed by atoms with van der Waals surface area (Å²) in [7, 11) is 0. The number of rotatable bonds is 4. The van der Waals surface area contributed by atoms with Gasteiger partial charge < -0.3 is 9.57 Å². The van der Waals surface area contributed by atoms with Crippen molar-refractivity contribution in [3.8, 4) is 0 Å². The van der Waals surface area contributed by atoms with Crippen molar-refractivity contribution in [2.24, 2.45) is 5.84 Å². The van der Waals surface area contributed by atoms with Crippen molar-refractivity contribution in [3.05, 3.63) is 0 Å². The first-order chi connectivity index (χ1) is 6.33. The first-order valence-corrected chi connectivity index (χ1v) is 4.28. The van der Waals surface area contributed by atoms with E-state index in [1.165, 1.54) is 0 Å². The summed E-state index contributed by atoms with van der Waals surface area (Å²) < 4.78 is 5.16. The van der Waals surface area contributed by atoms with Gasteiger partial charge in [-0.1, -0.05) is 5.59 Å². The quantitative estimate of drug-likeness (QED) is 0.420. The summed E-state index contributed by atoms with van der Waals surface area (Å²) >= 11 is 0. The van der Waals surface area contributed by atoms with Crippen molar-refractivity contribution in [3.63, 3.8) is 0 Å². The Bertz CT molecular complexity index is 159. The zero-order valence-corrected chi connectivity index (χ0v) is 7.49. The smallest absolute Gasteiger partial charge is 0.327 e. The van der Waals surface area contributed by atoms with Gasteiger partial charge in [0.15, 0.2) is 0 Å². The molecule has 0 aromatic carbocycles. The number of nitrogens with zero attached hydrogens (tertiary/aromatic N) is 1. The van der Waals surface area contributed by atoms with E-state index >= 15 is 0 Å². The molecule has 1 heterocycles. The third-order valence-electron chi connectivity index (χ3n) is 1.91. The summed E-state index contributed by atoms with van der Waals surface area (Å²) in [4.78, 5) is 17.4. The van der Waals surface area contributed by atoms with Gasteiger partial charge in [-0.05, 0) is 0 Å². The van der Waals surface area contributed by atoms with E-state index in [1.54, 1.807) is 0 Å². The van der Waals surface area contributed by atoms with E-state index < -0.39 is 0 Å². The van der Waals surface area contributed by atoms with E-state index in [4.69, 9.17) is 10.6 Å². The lowest BCUT2D eigenvalue weighted by Crippen LogP contribution is -2.38. The van der Waals surface area contributed by atoms with Crippen LogP contribution < -0.4 is 11.4 Å². The maximum atomic E-state index is 10.9. The Labute approximate surface area is 76.9 Å². The van der Waals surface area contributed by atoms with Crippen molar-refractivity contribution in [1.29, 1.82) is 0 Å². The molecule has 1 aliphatic rings. The summed E-state index contributed by atoms with van der Waals surface area (Å²) in [5.41, 5.74) is 1.86. The molecule has 0 atom stereocenters. The van der Waals surface area contributed by atoms with E-state index in [0.29, 0.717) is 13.0 Å². The van der Waals surface area contributed by atoms with Crippen LogP contribution in [-0.2, 0) is 14.4 Å². The van der Waals surface area contributed by atoms with Gasteiger partial charge in [-0.15, -0.1) is 0 Å². The minimum atomic E-state index is -0.339. The first kappa shape index (κ1) is 10.4. The lowest BCUT2D eigenvalue weighted by atomic mass is 10.3. The molecule has 0 unspecified atom stereocenters. The van der Waals surface area contributed by atoms with Crippen LogP contribution in [0.4, 0.5) is 0 Å². The molecule has 0 radical (unpaired) electrons. The van der Waals surface area contributed by atoms with Crippen LogP contribution in [0.25, 0.3) is 0 Å². The predicted octanol–water partition coefficient (Wildman–Crippen LogP) is -1.37. The molecular weight excluding hydrogens is 174 g/mol. The Morgan fingerprint density at radius 3 is 2.85 bits per heavy atom. The second-order valence-corrected chi connectivity index (χ2v) is 2.80. The number of carbonyl (C=O) groups excluding carboxylic acids is 1. The Morgan fingerprint density at radius 2 is 2.23 bits per heavy atom. The van der Waals surface area contributed by atoms with Gasteiger partial charge in [0, 0.05) is 19.6 Å². The second kappa shape index (κ2) is 5.87. The SMILES string of the molecule is NNOC(=O)CCN1CCOCC1. The highest BCUT2D eigenvalue weighted by Gasteiger charge is 2.12. The van der Waals surface area contributed by atoms with Crippen LogP contribution in [0.1, 0.15) is 6.42 Å².